The van der Waals surface area contributed by atoms with Crippen LogP contribution in [-0.4, -0.2) is 24.2 Å². The lowest BCUT2D eigenvalue weighted by atomic mass is 10.1. The number of phenols is 1. The Kier molecular flexibility index (Phi) is 7.58. The van der Waals surface area contributed by atoms with Crippen molar-refractivity contribution in [1.29, 1.82) is 0 Å². The maximum atomic E-state index is 13.2. The molecule has 21 heavy (non-hydrogen) atoms. The van der Waals surface area contributed by atoms with Crippen LogP contribution in [0.4, 0.5) is 4.39 Å². The van der Waals surface area contributed by atoms with E-state index in [9.17, 15) is 4.39 Å². The summed E-state index contributed by atoms with van der Waals surface area (Å²) < 4.78 is 13.2. The molecule has 1 unspecified atom stereocenters. The quantitative estimate of drug-likeness (QED) is 0.411. The normalized spacial score (nSPS) is 13.0. The molecule has 0 fully saturated rings. The van der Waals surface area contributed by atoms with Crippen molar-refractivity contribution in [2.24, 2.45) is 4.99 Å². The Bertz CT molecular complexity index is 463. The molecule has 3 N–H and O–H groups in total. The van der Waals surface area contributed by atoms with E-state index in [-0.39, 0.29) is 5.75 Å². The molecule has 4 nitrogen and oxygen atoms in total. The van der Waals surface area contributed by atoms with E-state index in [4.69, 9.17) is 5.11 Å². The van der Waals surface area contributed by atoms with Gasteiger partial charge >= 0.3 is 0 Å². The number of hydrogen-bond acceptors (Lipinski definition) is 2. The summed E-state index contributed by atoms with van der Waals surface area (Å²) in [6, 6.07) is 4.71. The third kappa shape index (κ3) is 6.47. The van der Waals surface area contributed by atoms with Gasteiger partial charge in [-0.15, -0.1) is 0 Å². The minimum absolute atomic E-state index is 0.328. The van der Waals surface area contributed by atoms with Crippen LogP contribution < -0.4 is 10.6 Å². The van der Waals surface area contributed by atoms with E-state index in [1.807, 2.05) is 0 Å². The number of unbranched alkanes of at least 4 members (excludes halogenated alkanes) is 2. The van der Waals surface area contributed by atoms with Crippen molar-refractivity contribution in [3.05, 3.63) is 29.6 Å². The van der Waals surface area contributed by atoms with Gasteiger partial charge in [0.1, 0.15) is 0 Å². The molecule has 0 radical (unpaired) electrons. The van der Waals surface area contributed by atoms with E-state index >= 15 is 0 Å². The Morgan fingerprint density at radius 2 is 2.14 bits per heavy atom. The molecule has 0 spiro atoms. The van der Waals surface area contributed by atoms with Crippen LogP contribution in [0.5, 0.6) is 5.75 Å². The minimum Gasteiger partial charge on any atom is -0.505 e. The van der Waals surface area contributed by atoms with Crippen LogP contribution in [0.1, 0.15) is 45.1 Å². The van der Waals surface area contributed by atoms with Crippen molar-refractivity contribution >= 4 is 5.96 Å². The molecule has 0 aliphatic rings. The number of hydrogen-bond donors (Lipinski definition) is 3. The Balaban J connectivity index is 2.42. The van der Waals surface area contributed by atoms with Gasteiger partial charge in [-0.25, -0.2) is 4.39 Å². The smallest absolute Gasteiger partial charge is 0.191 e. The van der Waals surface area contributed by atoms with Gasteiger partial charge < -0.3 is 15.7 Å². The van der Waals surface area contributed by atoms with Crippen LogP contribution >= 0.6 is 0 Å². The van der Waals surface area contributed by atoms with Gasteiger partial charge in [-0.1, -0.05) is 32.3 Å². The number of rotatable bonds is 7. The summed E-state index contributed by atoms with van der Waals surface area (Å²) in [6.45, 7) is 4.77. The molecule has 1 aromatic rings. The fourth-order valence-electron chi connectivity index (χ4n) is 2.05. The summed E-state index contributed by atoms with van der Waals surface area (Å²) in [5, 5.41) is 15.6. The summed E-state index contributed by atoms with van der Waals surface area (Å²) in [4.78, 5) is 4.16. The van der Waals surface area contributed by atoms with Gasteiger partial charge in [0.2, 0.25) is 0 Å². The predicted octanol–water partition coefficient (Wildman–Crippen LogP) is 3.17. The average Bonchev–Trinajstić information content (AvgIpc) is 2.47. The van der Waals surface area contributed by atoms with E-state index in [0.717, 1.165) is 12.0 Å². The number of aromatic hydroxyl groups is 1. The van der Waals surface area contributed by atoms with Crippen molar-refractivity contribution in [1.82, 2.24) is 10.6 Å². The average molecular weight is 295 g/mol. The first-order chi connectivity index (χ1) is 10.1. The molecular weight excluding hydrogens is 269 g/mol. The largest absolute Gasteiger partial charge is 0.505 e. The van der Waals surface area contributed by atoms with Crippen molar-refractivity contribution < 1.29 is 9.50 Å². The summed E-state index contributed by atoms with van der Waals surface area (Å²) in [6.07, 6.45) is 4.75. The third-order valence-electron chi connectivity index (χ3n) is 3.32. The molecule has 1 atom stereocenters. The molecule has 0 saturated carbocycles. The highest BCUT2D eigenvalue weighted by molar-refractivity contribution is 5.79. The number of aliphatic imine (C=N–C) groups is 1. The molecule has 0 heterocycles. The zero-order valence-electron chi connectivity index (χ0n) is 13.1. The number of nitrogens with zero attached hydrogens (tertiary/aromatic N) is 1. The van der Waals surface area contributed by atoms with Gasteiger partial charge in [-0.3, -0.25) is 4.99 Å². The van der Waals surface area contributed by atoms with E-state index in [1.165, 1.54) is 31.4 Å². The molecule has 0 bridgehead atoms. The summed E-state index contributed by atoms with van der Waals surface area (Å²) >= 11 is 0. The number of benzene rings is 1. The monoisotopic (exact) mass is 295 g/mol. The molecule has 0 aromatic heterocycles. The molecule has 1 aromatic carbocycles. The molecular formula is C16H26FN3O. The van der Waals surface area contributed by atoms with Gasteiger partial charge in [0.15, 0.2) is 17.5 Å². The van der Waals surface area contributed by atoms with Crippen LogP contribution in [0.2, 0.25) is 0 Å². The standard InChI is InChI=1S/C16H26FN3O/c1-4-5-6-7-12(2)20-16(18-3)19-11-13-8-9-15(21)14(17)10-13/h8-10,12,21H,4-7,11H2,1-3H3,(H2,18,19,20). The number of phenolic OH excluding ortho intramolecular Hbond substituents is 1. The second-order valence-corrected chi connectivity index (χ2v) is 5.25. The molecule has 0 amide bonds. The second-order valence-electron chi connectivity index (χ2n) is 5.25. The molecule has 0 saturated heterocycles. The zero-order valence-corrected chi connectivity index (χ0v) is 13.1. The number of guanidine groups is 1. The number of halogens is 1. The Labute approximate surface area is 126 Å². The maximum Gasteiger partial charge on any atom is 0.191 e. The van der Waals surface area contributed by atoms with E-state index in [2.05, 4.69) is 29.5 Å². The Morgan fingerprint density at radius 1 is 1.38 bits per heavy atom. The Morgan fingerprint density at radius 3 is 2.76 bits per heavy atom. The van der Waals surface area contributed by atoms with Gasteiger partial charge in [-0.2, -0.15) is 0 Å². The van der Waals surface area contributed by atoms with Gasteiger partial charge in [0, 0.05) is 19.6 Å². The van der Waals surface area contributed by atoms with Crippen molar-refractivity contribution in [2.45, 2.75) is 52.1 Å². The van der Waals surface area contributed by atoms with E-state index in [0.29, 0.717) is 18.5 Å². The summed E-state index contributed by atoms with van der Waals surface area (Å²) in [5.74, 6) is -0.233. The molecule has 5 heteroatoms. The predicted molar refractivity (Wildman–Crippen MR) is 85.0 cm³/mol. The molecule has 1 rings (SSSR count). The first-order valence-corrected chi connectivity index (χ1v) is 7.51. The lowest BCUT2D eigenvalue weighted by Gasteiger charge is -2.18. The summed E-state index contributed by atoms with van der Waals surface area (Å²) in [5.41, 5.74) is 0.756. The summed E-state index contributed by atoms with van der Waals surface area (Å²) in [7, 11) is 1.71. The molecule has 0 aliphatic heterocycles. The van der Waals surface area contributed by atoms with E-state index in [1.54, 1.807) is 13.1 Å². The SMILES string of the molecule is CCCCCC(C)NC(=NC)NCc1ccc(O)c(F)c1. The van der Waals surface area contributed by atoms with Crippen LogP contribution in [0.3, 0.4) is 0 Å². The lowest BCUT2D eigenvalue weighted by molar-refractivity contribution is 0.431. The highest BCUT2D eigenvalue weighted by Gasteiger charge is 2.06. The molecule has 0 aliphatic carbocycles. The third-order valence-corrected chi connectivity index (χ3v) is 3.32. The van der Waals surface area contributed by atoms with Crippen molar-refractivity contribution in [3.63, 3.8) is 0 Å². The number of nitrogens with one attached hydrogen (secondary N) is 2. The molecule has 118 valence electrons. The van der Waals surface area contributed by atoms with Crippen LogP contribution in [0.15, 0.2) is 23.2 Å². The van der Waals surface area contributed by atoms with Crippen LogP contribution in [0.25, 0.3) is 0 Å². The first kappa shape index (κ1) is 17.3. The second kappa shape index (κ2) is 9.21. The highest BCUT2D eigenvalue weighted by atomic mass is 19.1. The van der Waals surface area contributed by atoms with Crippen LogP contribution in [-0.2, 0) is 6.54 Å². The van der Waals surface area contributed by atoms with E-state index < -0.39 is 5.82 Å². The highest BCUT2D eigenvalue weighted by Crippen LogP contribution is 2.15. The van der Waals surface area contributed by atoms with Gasteiger partial charge in [0.25, 0.3) is 0 Å². The van der Waals surface area contributed by atoms with Gasteiger partial charge in [0.05, 0.1) is 0 Å². The minimum atomic E-state index is -0.606. The Hall–Kier alpha value is -1.78. The maximum absolute atomic E-state index is 13.2. The zero-order chi connectivity index (χ0) is 15.7. The van der Waals surface area contributed by atoms with Crippen LogP contribution in [0, 0.1) is 5.82 Å². The lowest BCUT2D eigenvalue weighted by Crippen LogP contribution is -2.41. The topological polar surface area (TPSA) is 56.7 Å². The van der Waals surface area contributed by atoms with Gasteiger partial charge in [-0.05, 0) is 31.0 Å². The fourth-order valence-corrected chi connectivity index (χ4v) is 2.05. The van der Waals surface area contributed by atoms with Crippen molar-refractivity contribution in [2.75, 3.05) is 7.05 Å². The first-order valence-electron chi connectivity index (χ1n) is 7.51. The fraction of sp³-hybridized carbons (Fsp3) is 0.562. The van der Waals surface area contributed by atoms with Crippen molar-refractivity contribution in [3.8, 4) is 5.75 Å².